The van der Waals surface area contributed by atoms with Gasteiger partial charge in [-0.1, -0.05) is 19.8 Å². The zero-order valence-electron chi connectivity index (χ0n) is 10.2. The molecule has 2 N–H and O–H groups in total. The number of nitrogens with one attached hydrogen (secondary N) is 1. The zero-order chi connectivity index (χ0) is 13.5. The molecule has 0 aliphatic rings. The third-order valence-electron chi connectivity index (χ3n) is 2.79. The highest BCUT2D eigenvalue weighted by molar-refractivity contribution is 5.77. The van der Waals surface area contributed by atoms with Gasteiger partial charge in [0.25, 0.3) is 0 Å². The lowest BCUT2D eigenvalue weighted by atomic mass is 9.93. The van der Waals surface area contributed by atoms with Crippen LogP contribution in [-0.4, -0.2) is 11.1 Å². The van der Waals surface area contributed by atoms with Gasteiger partial charge in [-0.25, -0.2) is 14.3 Å². The predicted octanol–water partition coefficient (Wildman–Crippen LogP) is 2.82. The highest BCUT2D eigenvalue weighted by Crippen LogP contribution is 2.17. The number of halogens is 2. The van der Waals surface area contributed by atoms with E-state index in [1.807, 2.05) is 6.92 Å². The molecule has 1 aromatic rings. The molecule has 0 fully saturated rings. The summed E-state index contributed by atoms with van der Waals surface area (Å²) in [5, 5.41) is 8.64. The Bertz CT molecular complexity index is 390. The summed E-state index contributed by atoms with van der Waals surface area (Å²) in [4.78, 5) is 11.4. The van der Waals surface area contributed by atoms with E-state index in [1.54, 1.807) is 5.48 Å². The maximum Gasteiger partial charge on any atom is 0.246 e. The van der Waals surface area contributed by atoms with Crippen molar-refractivity contribution in [1.29, 1.82) is 0 Å². The Hall–Kier alpha value is -1.49. The monoisotopic (exact) mass is 257 g/mol. The molecule has 100 valence electrons. The van der Waals surface area contributed by atoms with Gasteiger partial charge in [0.15, 0.2) is 0 Å². The molecule has 0 aliphatic carbocycles. The normalized spacial score (nSPS) is 12.2. The van der Waals surface area contributed by atoms with Crippen LogP contribution in [0.15, 0.2) is 18.2 Å². The lowest BCUT2D eigenvalue weighted by Gasteiger charge is -2.14. The number of hydrogen-bond donors (Lipinski definition) is 2. The Balaban J connectivity index is 2.78. The van der Waals surface area contributed by atoms with Crippen LogP contribution < -0.4 is 5.48 Å². The molecule has 0 aromatic heterocycles. The van der Waals surface area contributed by atoms with Crippen LogP contribution in [0.3, 0.4) is 0 Å². The Labute approximate surface area is 105 Å². The molecule has 5 heteroatoms. The minimum Gasteiger partial charge on any atom is -0.289 e. The van der Waals surface area contributed by atoms with E-state index in [9.17, 15) is 13.6 Å². The zero-order valence-corrected chi connectivity index (χ0v) is 10.2. The highest BCUT2D eigenvalue weighted by atomic mass is 19.1. The molecular formula is C13H17F2NO2. The van der Waals surface area contributed by atoms with Crippen molar-refractivity contribution in [2.45, 2.75) is 32.6 Å². The van der Waals surface area contributed by atoms with Crippen molar-refractivity contribution >= 4 is 5.91 Å². The third-order valence-corrected chi connectivity index (χ3v) is 2.79. The second kappa shape index (κ2) is 7.06. The van der Waals surface area contributed by atoms with Gasteiger partial charge in [0.2, 0.25) is 5.91 Å². The number of carbonyl (C=O) groups excluding carboxylic acids is 1. The van der Waals surface area contributed by atoms with Gasteiger partial charge in [-0.15, -0.1) is 0 Å². The first kappa shape index (κ1) is 14.6. The van der Waals surface area contributed by atoms with Crippen molar-refractivity contribution in [1.82, 2.24) is 5.48 Å². The quantitative estimate of drug-likeness (QED) is 0.608. The van der Waals surface area contributed by atoms with Crippen molar-refractivity contribution in [2.75, 3.05) is 0 Å². The smallest absolute Gasteiger partial charge is 0.246 e. The lowest BCUT2D eigenvalue weighted by molar-refractivity contribution is -0.133. The molecule has 0 radical (unpaired) electrons. The average molecular weight is 257 g/mol. The fraction of sp³-hybridized carbons (Fsp3) is 0.462. The van der Waals surface area contributed by atoms with Crippen molar-refractivity contribution in [3.05, 3.63) is 35.4 Å². The molecule has 1 atom stereocenters. The predicted molar refractivity (Wildman–Crippen MR) is 63.0 cm³/mol. The van der Waals surface area contributed by atoms with Gasteiger partial charge in [0.05, 0.1) is 0 Å². The number of unbranched alkanes of at least 4 members (excludes halogenated alkanes) is 1. The minimum atomic E-state index is -0.663. The molecule has 0 bridgehead atoms. The summed E-state index contributed by atoms with van der Waals surface area (Å²) in [6, 6.07) is 3.19. The SMILES string of the molecule is CCCCC(Cc1cc(F)cc(F)c1)C(=O)NO. The van der Waals surface area contributed by atoms with E-state index in [4.69, 9.17) is 5.21 Å². The van der Waals surface area contributed by atoms with Crippen LogP contribution in [-0.2, 0) is 11.2 Å². The highest BCUT2D eigenvalue weighted by Gasteiger charge is 2.18. The number of carbonyl (C=O) groups is 1. The fourth-order valence-corrected chi connectivity index (χ4v) is 1.88. The second-order valence-electron chi connectivity index (χ2n) is 4.30. The fourth-order valence-electron chi connectivity index (χ4n) is 1.88. The van der Waals surface area contributed by atoms with E-state index >= 15 is 0 Å². The Morgan fingerprint density at radius 1 is 1.33 bits per heavy atom. The van der Waals surface area contributed by atoms with Gasteiger partial charge in [-0.05, 0) is 30.5 Å². The first-order chi connectivity index (χ1) is 8.56. The second-order valence-corrected chi connectivity index (χ2v) is 4.30. The maximum atomic E-state index is 13.0. The van der Waals surface area contributed by atoms with Crippen molar-refractivity contribution in [3.8, 4) is 0 Å². The van der Waals surface area contributed by atoms with E-state index in [-0.39, 0.29) is 6.42 Å². The largest absolute Gasteiger partial charge is 0.289 e. The minimum absolute atomic E-state index is 0.209. The molecule has 1 amide bonds. The van der Waals surface area contributed by atoms with Crippen molar-refractivity contribution in [2.24, 2.45) is 5.92 Å². The summed E-state index contributed by atoms with van der Waals surface area (Å²) in [5.41, 5.74) is 2.01. The summed E-state index contributed by atoms with van der Waals surface area (Å²) < 4.78 is 26.0. The topological polar surface area (TPSA) is 49.3 Å². The van der Waals surface area contributed by atoms with Gasteiger partial charge >= 0.3 is 0 Å². The Kier molecular flexibility index (Phi) is 5.71. The molecule has 3 nitrogen and oxygen atoms in total. The van der Waals surface area contributed by atoms with E-state index in [2.05, 4.69) is 0 Å². The molecule has 1 aromatic carbocycles. The van der Waals surface area contributed by atoms with E-state index in [1.165, 1.54) is 12.1 Å². The molecule has 0 heterocycles. The van der Waals surface area contributed by atoms with Gasteiger partial charge in [-0.3, -0.25) is 10.0 Å². The van der Waals surface area contributed by atoms with Crippen molar-refractivity contribution < 1.29 is 18.8 Å². The van der Waals surface area contributed by atoms with Crippen LogP contribution >= 0.6 is 0 Å². The number of rotatable bonds is 6. The van der Waals surface area contributed by atoms with Crippen LogP contribution in [0, 0.1) is 17.6 Å². The molecule has 0 saturated heterocycles. The van der Waals surface area contributed by atoms with E-state index in [0.29, 0.717) is 12.0 Å². The van der Waals surface area contributed by atoms with Crippen LogP contribution in [0.25, 0.3) is 0 Å². The van der Waals surface area contributed by atoms with Crippen LogP contribution in [0.1, 0.15) is 31.7 Å². The standard InChI is InChI=1S/C13H17F2NO2/c1-2-3-4-10(13(17)16-18)5-9-6-11(14)8-12(15)7-9/h6-8,10,18H,2-5H2,1H3,(H,16,17). The first-order valence-corrected chi connectivity index (χ1v) is 5.95. The Morgan fingerprint density at radius 3 is 2.44 bits per heavy atom. The molecule has 0 aliphatic heterocycles. The molecule has 18 heavy (non-hydrogen) atoms. The molecule has 0 spiro atoms. The number of hydroxylamine groups is 1. The van der Waals surface area contributed by atoms with Gasteiger partial charge in [0, 0.05) is 12.0 Å². The number of hydrogen-bond acceptors (Lipinski definition) is 2. The van der Waals surface area contributed by atoms with Crippen LogP contribution in [0.2, 0.25) is 0 Å². The summed E-state index contributed by atoms with van der Waals surface area (Å²) >= 11 is 0. The summed E-state index contributed by atoms with van der Waals surface area (Å²) in [7, 11) is 0. The average Bonchev–Trinajstić information content (AvgIpc) is 2.32. The van der Waals surface area contributed by atoms with Crippen LogP contribution in [0.5, 0.6) is 0 Å². The summed E-state index contributed by atoms with van der Waals surface area (Å²) in [5.74, 6) is -2.32. The molecule has 0 saturated carbocycles. The van der Waals surface area contributed by atoms with Gasteiger partial charge in [0.1, 0.15) is 11.6 Å². The summed E-state index contributed by atoms with van der Waals surface area (Å²) in [6.07, 6.45) is 2.50. The Morgan fingerprint density at radius 2 is 1.94 bits per heavy atom. The first-order valence-electron chi connectivity index (χ1n) is 5.95. The van der Waals surface area contributed by atoms with Crippen molar-refractivity contribution in [3.63, 3.8) is 0 Å². The molecular weight excluding hydrogens is 240 g/mol. The molecule has 1 unspecified atom stereocenters. The number of amides is 1. The number of benzene rings is 1. The summed E-state index contributed by atoms with van der Waals surface area (Å²) in [6.45, 7) is 1.98. The third kappa shape index (κ3) is 4.41. The van der Waals surface area contributed by atoms with E-state index < -0.39 is 23.5 Å². The molecule has 1 rings (SSSR count). The lowest BCUT2D eigenvalue weighted by Crippen LogP contribution is -2.29. The van der Waals surface area contributed by atoms with Gasteiger partial charge in [-0.2, -0.15) is 0 Å². The van der Waals surface area contributed by atoms with Crippen LogP contribution in [0.4, 0.5) is 8.78 Å². The van der Waals surface area contributed by atoms with Gasteiger partial charge < -0.3 is 0 Å². The van der Waals surface area contributed by atoms with E-state index in [0.717, 1.165) is 18.9 Å². The maximum absolute atomic E-state index is 13.0.